The Kier molecular flexibility index (Phi) is 3.86. The van der Waals surface area contributed by atoms with Gasteiger partial charge in [0.25, 0.3) is 0 Å². The van der Waals surface area contributed by atoms with Crippen molar-refractivity contribution in [3.8, 4) is 5.75 Å². The molecule has 3 amide bonds. The second-order valence-electron chi connectivity index (χ2n) is 9.87. The highest BCUT2D eigenvalue weighted by Crippen LogP contribution is 2.52. The Bertz CT molecular complexity index is 1100. The lowest BCUT2D eigenvalue weighted by atomic mass is 9.90. The van der Waals surface area contributed by atoms with Crippen molar-refractivity contribution in [2.24, 2.45) is 0 Å². The maximum Gasteiger partial charge on any atom is 0.410 e. The average molecular weight is 443 g/mol. The maximum absolute atomic E-state index is 13.1. The zero-order chi connectivity index (χ0) is 21.5. The largest absolute Gasteiger partial charge is 0.493 e. The Labute approximate surface area is 184 Å². The number of urea groups is 1. The van der Waals surface area contributed by atoms with E-state index in [2.05, 4.69) is 5.32 Å². The molecule has 2 atom stereocenters. The standard InChI is InChI=1S/C22H26N4O4S/c1-21(2,3)30-20(28)25-10-6-13-17(22(25)8-9-22)24-18(27)26(13)19-23-16-12-7-11-29-14(12)4-5-15(16)31-19/h4-5,13,17H,6-11H2,1-3H3,(H,24,27)/t13-,17-/m1/s1. The SMILES string of the molecule is CC(C)(C)OC(=O)N1CC[C@@H]2[C@@H](NC(=O)N2c2nc3c4c(ccc3s2)OCC4)C12CC2. The first-order chi connectivity index (χ1) is 14.8. The lowest BCUT2D eigenvalue weighted by Crippen LogP contribution is -2.62. The molecule has 3 aliphatic heterocycles. The zero-order valence-electron chi connectivity index (χ0n) is 17.9. The van der Waals surface area contributed by atoms with Crippen LogP contribution in [0.15, 0.2) is 12.1 Å². The summed E-state index contributed by atoms with van der Waals surface area (Å²) in [6.45, 7) is 6.90. The first-order valence-electron chi connectivity index (χ1n) is 10.9. The summed E-state index contributed by atoms with van der Waals surface area (Å²) in [5.74, 6) is 0.899. The van der Waals surface area contributed by atoms with Crippen LogP contribution in [0, 0.1) is 0 Å². The highest BCUT2D eigenvalue weighted by atomic mass is 32.1. The predicted octanol–water partition coefficient (Wildman–Crippen LogP) is 3.67. The summed E-state index contributed by atoms with van der Waals surface area (Å²) in [6, 6.07) is 3.78. The second kappa shape index (κ2) is 6.25. The quantitative estimate of drug-likeness (QED) is 0.729. The molecule has 1 aliphatic carbocycles. The van der Waals surface area contributed by atoms with Gasteiger partial charge in [0.1, 0.15) is 11.4 Å². The van der Waals surface area contributed by atoms with E-state index in [4.69, 9.17) is 14.5 Å². The molecule has 0 unspecified atom stereocenters. The normalized spacial score (nSPS) is 26.0. The number of hydrogen-bond donors (Lipinski definition) is 1. The van der Waals surface area contributed by atoms with Crippen molar-refractivity contribution in [1.29, 1.82) is 0 Å². The van der Waals surface area contributed by atoms with Crippen LogP contribution in [0.4, 0.5) is 14.7 Å². The van der Waals surface area contributed by atoms with Gasteiger partial charge in [-0.3, -0.25) is 4.90 Å². The third kappa shape index (κ3) is 2.82. The molecule has 3 fully saturated rings. The molecule has 6 rings (SSSR count). The number of nitrogens with one attached hydrogen (secondary N) is 1. The van der Waals surface area contributed by atoms with E-state index < -0.39 is 5.60 Å². The van der Waals surface area contributed by atoms with Gasteiger partial charge in [-0.1, -0.05) is 11.3 Å². The summed E-state index contributed by atoms with van der Waals surface area (Å²) < 4.78 is 12.4. The second-order valence-corrected chi connectivity index (χ2v) is 10.9. The van der Waals surface area contributed by atoms with E-state index >= 15 is 0 Å². The number of aromatic nitrogens is 1. The minimum absolute atomic E-state index is 0.0152. The minimum Gasteiger partial charge on any atom is -0.493 e. The Morgan fingerprint density at radius 3 is 2.90 bits per heavy atom. The zero-order valence-corrected chi connectivity index (χ0v) is 18.8. The first kappa shape index (κ1) is 19.2. The third-order valence-corrected chi connectivity index (χ3v) is 7.80. The molecule has 2 aromatic rings. The van der Waals surface area contributed by atoms with Crippen LogP contribution < -0.4 is 15.0 Å². The molecule has 4 aliphatic rings. The van der Waals surface area contributed by atoms with Crippen LogP contribution in [-0.2, 0) is 11.2 Å². The number of amides is 3. The number of carbonyl (C=O) groups excluding carboxylic acids is 2. The lowest BCUT2D eigenvalue weighted by Gasteiger charge is -2.44. The summed E-state index contributed by atoms with van der Waals surface area (Å²) in [4.78, 5) is 34.5. The number of carbonyl (C=O) groups is 2. The highest BCUT2D eigenvalue weighted by molar-refractivity contribution is 7.22. The predicted molar refractivity (Wildman–Crippen MR) is 117 cm³/mol. The number of likely N-dealkylation sites (tertiary alicyclic amines) is 1. The van der Waals surface area contributed by atoms with E-state index in [9.17, 15) is 9.59 Å². The van der Waals surface area contributed by atoms with Crippen molar-refractivity contribution >= 4 is 38.8 Å². The molecule has 9 heteroatoms. The van der Waals surface area contributed by atoms with Crippen molar-refractivity contribution in [3.05, 3.63) is 17.7 Å². The molecule has 4 heterocycles. The number of benzene rings is 1. The van der Waals surface area contributed by atoms with Crippen LogP contribution in [0.3, 0.4) is 0 Å². The van der Waals surface area contributed by atoms with Crippen molar-refractivity contribution in [3.63, 3.8) is 0 Å². The Hall–Kier alpha value is -2.55. The fourth-order valence-corrected chi connectivity index (χ4v) is 6.38. The Morgan fingerprint density at radius 1 is 1.35 bits per heavy atom. The highest BCUT2D eigenvalue weighted by Gasteiger charge is 2.65. The molecule has 2 saturated heterocycles. The van der Waals surface area contributed by atoms with Crippen LogP contribution in [-0.4, -0.2) is 58.4 Å². The van der Waals surface area contributed by atoms with Crippen LogP contribution in [0.25, 0.3) is 10.2 Å². The minimum atomic E-state index is -0.542. The van der Waals surface area contributed by atoms with Crippen LogP contribution in [0.2, 0.25) is 0 Å². The van der Waals surface area contributed by atoms with E-state index in [1.807, 2.05) is 42.7 Å². The molecule has 0 bridgehead atoms. The number of thiazole rings is 1. The molecule has 1 spiro atoms. The van der Waals surface area contributed by atoms with Crippen molar-refractivity contribution in [1.82, 2.24) is 15.2 Å². The first-order valence-corrected chi connectivity index (χ1v) is 11.7. The van der Waals surface area contributed by atoms with Crippen LogP contribution in [0.5, 0.6) is 5.75 Å². The number of fused-ring (bicyclic) bond motifs is 5. The lowest BCUT2D eigenvalue weighted by molar-refractivity contribution is -0.0000813. The van der Waals surface area contributed by atoms with Crippen LogP contribution in [0.1, 0.15) is 45.6 Å². The van der Waals surface area contributed by atoms with Gasteiger partial charge in [0, 0.05) is 18.5 Å². The number of hydrogen-bond acceptors (Lipinski definition) is 6. The Morgan fingerprint density at radius 2 is 2.16 bits per heavy atom. The molecular weight excluding hydrogens is 416 g/mol. The van der Waals surface area contributed by atoms with Gasteiger partial charge < -0.3 is 19.7 Å². The van der Waals surface area contributed by atoms with Gasteiger partial charge in [0.15, 0.2) is 5.13 Å². The van der Waals surface area contributed by atoms with Gasteiger partial charge in [-0.05, 0) is 52.2 Å². The summed E-state index contributed by atoms with van der Waals surface area (Å²) in [5, 5.41) is 3.90. The molecule has 31 heavy (non-hydrogen) atoms. The number of anilines is 1. The third-order valence-electron chi connectivity index (χ3n) is 6.78. The fraction of sp³-hybridized carbons (Fsp3) is 0.591. The summed E-state index contributed by atoms with van der Waals surface area (Å²) >= 11 is 1.55. The van der Waals surface area contributed by atoms with E-state index in [1.165, 1.54) is 0 Å². The van der Waals surface area contributed by atoms with E-state index in [-0.39, 0.29) is 29.7 Å². The Balaban J connectivity index is 1.31. The number of rotatable bonds is 1. The molecule has 8 nitrogen and oxygen atoms in total. The number of nitrogens with zero attached hydrogens (tertiary/aromatic N) is 3. The van der Waals surface area contributed by atoms with Gasteiger partial charge in [0.2, 0.25) is 0 Å². The summed E-state index contributed by atoms with van der Waals surface area (Å²) in [6.07, 6.45) is 3.02. The smallest absolute Gasteiger partial charge is 0.410 e. The van der Waals surface area contributed by atoms with E-state index in [1.54, 1.807) is 11.3 Å². The van der Waals surface area contributed by atoms with Gasteiger partial charge >= 0.3 is 12.1 Å². The van der Waals surface area contributed by atoms with E-state index in [0.717, 1.165) is 45.9 Å². The van der Waals surface area contributed by atoms with Crippen molar-refractivity contribution in [2.75, 3.05) is 18.1 Å². The van der Waals surface area contributed by atoms with Crippen LogP contribution >= 0.6 is 11.3 Å². The summed E-state index contributed by atoms with van der Waals surface area (Å²) in [5.41, 5.74) is 1.19. The fourth-order valence-electron chi connectivity index (χ4n) is 5.33. The molecule has 1 saturated carbocycles. The summed E-state index contributed by atoms with van der Waals surface area (Å²) in [7, 11) is 0. The molecule has 0 radical (unpaired) electrons. The van der Waals surface area contributed by atoms with Gasteiger partial charge in [-0.25, -0.2) is 14.6 Å². The molecule has 1 aromatic heterocycles. The van der Waals surface area contributed by atoms with Crippen molar-refractivity contribution < 1.29 is 19.1 Å². The molecule has 164 valence electrons. The van der Waals surface area contributed by atoms with Gasteiger partial charge in [0.05, 0.1) is 34.4 Å². The van der Waals surface area contributed by atoms with Crippen molar-refractivity contribution in [2.45, 2.75) is 69.7 Å². The topological polar surface area (TPSA) is 84.0 Å². The molecule has 1 aromatic carbocycles. The number of piperidine rings is 1. The maximum atomic E-state index is 13.1. The average Bonchev–Trinajstić information content (AvgIpc) is 3.05. The monoisotopic (exact) mass is 442 g/mol. The van der Waals surface area contributed by atoms with Gasteiger partial charge in [-0.2, -0.15) is 0 Å². The molecular formula is C22H26N4O4S. The number of ether oxygens (including phenoxy) is 2. The van der Waals surface area contributed by atoms with Gasteiger partial charge in [-0.15, -0.1) is 0 Å². The van der Waals surface area contributed by atoms with E-state index in [0.29, 0.717) is 19.6 Å². The molecule has 1 N–H and O–H groups in total.